The maximum Gasteiger partial charge on any atom is 0.0319 e. The molecule has 0 radical (unpaired) electrons. The first kappa shape index (κ1) is 24.6. The Balaban J connectivity index is 0.000000442. The van der Waals surface area contributed by atoms with E-state index in [1.165, 1.54) is 33.4 Å². The van der Waals surface area contributed by atoms with E-state index in [4.69, 9.17) is 5.11 Å². The van der Waals surface area contributed by atoms with Crippen LogP contribution in [0.4, 0.5) is 0 Å². The van der Waals surface area contributed by atoms with Crippen LogP contribution < -0.4 is 5.32 Å². The fraction of sp³-hybridized carbons (Fsp3) is 0.280. The third-order valence-electron chi connectivity index (χ3n) is 3.80. The highest BCUT2D eigenvalue weighted by Crippen LogP contribution is 2.25. The number of nitrogens with one attached hydrogen (secondary N) is 1. The molecule has 2 heteroatoms. The molecular weight excluding hydrogens is 330 g/mol. The molecule has 3 rings (SSSR count). The average molecular weight is 366 g/mol. The van der Waals surface area contributed by atoms with Crippen molar-refractivity contribution in [2.24, 2.45) is 0 Å². The van der Waals surface area contributed by atoms with Crippen molar-refractivity contribution in [3.8, 4) is 11.1 Å². The van der Waals surface area contributed by atoms with E-state index < -0.39 is 0 Å². The van der Waals surface area contributed by atoms with Gasteiger partial charge in [0.05, 0.1) is 0 Å². The largest absolute Gasteiger partial charge is 0.400 e. The Morgan fingerprint density at radius 1 is 0.519 bits per heavy atom. The van der Waals surface area contributed by atoms with Crippen LogP contribution in [-0.2, 0) is 0 Å². The van der Waals surface area contributed by atoms with Crippen molar-refractivity contribution in [1.29, 1.82) is 0 Å². The average Bonchev–Trinajstić information content (AvgIpc) is 2.68. The highest BCUT2D eigenvalue weighted by Gasteiger charge is 2.02. The number of hydrogen-bond donors (Lipinski definition) is 2. The highest BCUT2D eigenvalue weighted by molar-refractivity contribution is 5.70. The molecule has 0 aliphatic carbocycles. The molecule has 0 aliphatic rings. The molecule has 0 bridgehead atoms. The Hall–Kier alpha value is -2.42. The minimum Gasteiger partial charge on any atom is -0.400 e. The van der Waals surface area contributed by atoms with Gasteiger partial charge in [-0.2, -0.15) is 0 Å². The third kappa shape index (κ3) is 9.74. The van der Waals surface area contributed by atoms with Gasteiger partial charge in [-0.1, -0.05) is 83.9 Å². The molecule has 0 unspecified atom stereocenters. The summed E-state index contributed by atoms with van der Waals surface area (Å²) in [7, 11) is 4.75. The summed E-state index contributed by atoms with van der Waals surface area (Å²) in [6.07, 6.45) is 0. The summed E-state index contributed by atoms with van der Waals surface area (Å²) in [5.41, 5.74) is 8.01. The molecule has 2 nitrogen and oxygen atoms in total. The molecule has 0 aromatic heterocycles. The van der Waals surface area contributed by atoms with Gasteiger partial charge in [0.2, 0.25) is 0 Å². The van der Waals surface area contributed by atoms with Crippen LogP contribution >= 0.6 is 0 Å². The minimum absolute atomic E-state index is 1.00. The molecule has 0 amide bonds. The van der Waals surface area contributed by atoms with Gasteiger partial charge in [0, 0.05) is 7.11 Å². The zero-order valence-corrected chi connectivity index (χ0v) is 17.9. The molecule has 0 spiro atoms. The molecule has 0 heterocycles. The molecule has 27 heavy (non-hydrogen) atoms. The smallest absolute Gasteiger partial charge is 0.0319 e. The lowest BCUT2D eigenvalue weighted by Crippen LogP contribution is -1.89. The zero-order chi connectivity index (χ0) is 20.7. The molecule has 0 atom stereocenters. The second-order valence-electron chi connectivity index (χ2n) is 6.28. The number of aliphatic hydroxyl groups excluding tert-OH is 1. The lowest BCUT2D eigenvalue weighted by atomic mass is 9.97. The Morgan fingerprint density at radius 3 is 1.04 bits per heavy atom. The van der Waals surface area contributed by atoms with E-state index in [2.05, 4.69) is 106 Å². The number of rotatable bonds is 1. The Morgan fingerprint density at radius 2 is 0.778 bits per heavy atom. The van der Waals surface area contributed by atoms with Gasteiger partial charge in [-0.15, -0.1) is 0 Å². The highest BCUT2D eigenvalue weighted by atomic mass is 16.2. The fourth-order valence-corrected chi connectivity index (χ4v) is 2.39. The van der Waals surface area contributed by atoms with Crippen LogP contribution in [0.2, 0.25) is 0 Å². The van der Waals surface area contributed by atoms with E-state index in [0.29, 0.717) is 0 Å². The SMILES string of the molecule is CNC.CO.Cc1ccc(C)cc1.Cc1ccccc1-c1ccccc1C. The van der Waals surface area contributed by atoms with Crippen molar-refractivity contribution in [2.75, 3.05) is 21.2 Å². The second kappa shape index (κ2) is 14.7. The van der Waals surface area contributed by atoms with E-state index >= 15 is 0 Å². The molecule has 146 valence electrons. The molecule has 0 saturated carbocycles. The summed E-state index contributed by atoms with van der Waals surface area (Å²) in [5, 5.41) is 9.75. The van der Waals surface area contributed by atoms with E-state index in [0.717, 1.165) is 7.11 Å². The zero-order valence-electron chi connectivity index (χ0n) is 17.9. The molecule has 2 N–H and O–H groups in total. The van der Waals surface area contributed by atoms with E-state index in [-0.39, 0.29) is 0 Å². The number of benzene rings is 3. The van der Waals surface area contributed by atoms with Gasteiger partial charge in [-0.3, -0.25) is 0 Å². The monoisotopic (exact) mass is 365 g/mol. The van der Waals surface area contributed by atoms with Crippen molar-refractivity contribution in [3.63, 3.8) is 0 Å². The summed E-state index contributed by atoms with van der Waals surface area (Å²) >= 11 is 0. The Kier molecular flexibility index (Phi) is 13.4. The number of aliphatic hydroxyl groups is 1. The summed E-state index contributed by atoms with van der Waals surface area (Å²) in [5.74, 6) is 0. The van der Waals surface area contributed by atoms with Gasteiger partial charge in [0.15, 0.2) is 0 Å². The van der Waals surface area contributed by atoms with Crippen LogP contribution in [0.1, 0.15) is 22.3 Å². The maximum absolute atomic E-state index is 7.00. The van der Waals surface area contributed by atoms with Gasteiger partial charge in [-0.05, 0) is 64.0 Å². The fourth-order valence-electron chi connectivity index (χ4n) is 2.39. The van der Waals surface area contributed by atoms with Gasteiger partial charge >= 0.3 is 0 Å². The summed E-state index contributed by atoms with van der Waals surface area (Å²) < 4.78 is 0. The standard InChI is InChI=1S/C14H14.C8H10.C2H7N.CH4O/c1-11-7-3-5-9-13(11)14-10-6-4-8-12(14)2;1-7-3-5-8(2)6-4-7;1-3-2;1-2/h3-10H,1-2H3;3-6H,1-2H3;3H,1-2H3;2H,1H3. The van der Waals surface area contributed by atoms with Crippen LogP contribution in [0.3, 0.4) is 0 Å². The van der Waals surface area contributed by atoms with Crippen molar-refractivity contribution in [3.05, 3.63) is 95.1 Å². The predicted molar refractivity (Wildman–Crippen MR) is 120 cm³/mol. The Labute approximate surface area is 165 Å². The van der Waals surface area contributed by atoms with Crippen molar-refractivity contribution in [1.82, 2.24) is 5.32 Å². The lowest BCUT2D eigenvalue weighted by molar-refractivity contribution is 0.399. The number of hydrogen-bond acceptors (Lipinski definition) is 2. The van der Waals surface area contributed by atoms with Crippen LogP contribution in [0.15, 0.2) is 72.8 Å². The molecule has 0 aliphatic heterocycles. The van der Waals surface area contributed by atoms with Gasteiger partial charge in [-0.25, -0.2) is 0 Å². The summed E-state index contributed by atoms with van der Waals surface area (Å²) in [6.45, 7) is 8.50. The Bertz CT molecular complexity index is 684. The van der Waals surface area contributed by atoms with Crippen molar-refractivity contribution >= 4 is 0 Å². The normalized spacial score (nSPS) is 8.89. The molecule has 3 aromatic carbocycles. The number of aryl methyl sites for hydroxylation is 4. The second-order valence-corrected chi connectivity index (χ2v) is 6.28. The lowest BCUT2D eigenvalue weighted by Gasteiger charge is -2.08. The van der Waals surface area contributed by atoms with E-state index in [1.54, 1.807) is 0 Å². The van der Waals surface area contributed by atoms with Crippen LogP contribution in [0.5, 0.6) is 0 Å². The van der Waals surface area contributed by atoms with Gasteiger partial charge < -0.3 is 10.4 Å². The molecule has 0 saturated heterocycles. The van der Waals surface area contributed by atoms with Crippen LogP contribution in [0.25, 0.3) is 11.1 Å². The first-order chi connectivity index (χ1) is 13.0. The molecule has 0 fully saturated rings. The first-order valence-corrected chi connectivity index (χ1v) is 9.17. The maximum atomic E-state index is 7.00. The summed E-state index contributed by atoms with van der Waals surface area (Å²) in [4.78, 5) is 0. The first-order valence-electron chi connectivity index (χ1n) is 9.17. The summed E-state index contributed by atoms with van der Waals surface area (Å²) in [6, 6.07) is 25.5. The molecule has 3 aromatic rings. The van der Waals surface area contributed by atoms with E-state index in [9.17, 15) is 0 Å². The predicted octanol–water partition coefficient (Wildman–Crippen LogP) is 5.72. The van der Waals surface area contributed by atoms with Crippen LogP contribution in [0, 0.1) is 27.7 Å². The third-order valence-corrected chi connectivity index (χ3v) is 3.80. The minimum atomic E-state index is 1.00. The quantitative estimate of drug-likeness (QED) is 0.578. The van der Waals surface area contributed by atoms with E-state index in [1.807, 2.05) is 14.1 Å². The van der Waals surface area contributed by atoms with Crippen molar-refractivity contribution < 1.29 is 5.11 Å². The van der Waals surface area contributed by atoms with Gasteiger partial charge in [0.1, 0.15) is 0 Å². The topological polar surface area (TPSA) is 32.3 Å². The molecular formula is C25H35NO. The van der Waals surface area contributed by atoms with Crippen molar-refractivity contribution in [2.45, 2.75) is 27.7 Å². The van der Waals surface area contributed by atoms with Crippen LogP contribution in [-0.4, -0.2) is 26.3 Å². The van der Waals surface area contributed by atoms with Gasteiger partial charge in [0.25, 0.3) is 0 Å².